The monoisotopic (exact) mass is 575 g/mol. The Morgan fingerprint density at radius 3 is 2.28 bits per heavy atom. The number of nitro benzene ring substituents is 1. The number of phenolic OH excluding ortho intramolecular Hbond substituents is 1. The van der Waals surface area contributed by atoms with Gasteiger partial charge in [-0.25, -0.2) is 4.99 Å². The second kappa shape index (κ2) is 12.9. The van der Waals surface area contributed by atoms with Crippen molar-refractivity contribution in [2.24, 2.45) is 9.98 Å². The number of para-hydroxylation sites is 1. The number of nitro groups is 1. The number of benzene rings is 4. The van der Waals surface area contributed by atoms with E-state index in [-0.39, 0.29) is 44.8 Å². The maximum atomic E-state index is 12.5. The molecule has 13 nitrogen and oxygen atoms in total. The van der Waals surface area contributed by atoms with Gasteiger partial charge in [0.2, 0.25) is 0 Å². The van der Waals surface area contributed by atoms with Gasteiger partial charge in [0.15, 0.2) is 0 Å². The molecule has 1 aliphatic heterocycles. The number of carbonyl (C=O) groups is 1. The van der Waals surface area contributed by atoms with Crippen molar-refractivity contribution in [2.75, 3.05) is 5.32 Å². The SMILES string of the molecule is O.O=C1Nc2ccccc2C1=Nc1cc([N+](=O)[O-])ccc1N=Cc1c(O)ccc2ccccc12.O=[N+]([O-])O.[Ni]. The Balaban J connectivity index is 0.000000834. The number of fused-ring (bicyclic) bond motifs is 2. The van der Waals surface area contributed by atoms with Crippen LogP contribution in [-0.4, -0.2) is 43.6 Å². The van der Waals surface area contributed by atoms with Crippen LogP contribution in [0.15, 0.2) is 88.8 Å². The van der Waals surface area contributed by atoms with Crippen LogP contribution in [0.25, 0.3) is 10.8 Å². The number of rotatable bonds is 4. The summed E-state index contributed by atoms with van der Waals surface area (Å²) in [6.07, 6.45) is 1.49. The summed E-state index contributed by atoms with van der Waals surface area (Å²) < 4.78 is 0. The number of carbonyl (C=O) groups excluding carboxylic acids is 1. The molecule has 0 aliphatic carbocycles. The first-order valence-electron chi connectivity index (χ1n) is 10.6. The van der Waals surface area contributed by atoms with E-state index in [1.165, 1.54) is 24.4 Å². The van der Waals surface area contributed by atoms with Gasteiger partial charge in [-0.2, -0.15) is 0 Å². The maximum absolute atomic E-state index is 12.5. The van der Waals surface area contributed by atoms with Crippen LogP contribution < -0.4 is 5.32 Å². The largest absolute Gasteiger partial charge is 0.507 e. The Hall–Kier alpha value is -5.20. The Kier molecular flexibility index (Phi) is 9.90. The van der Waals surface area contributed by atoms with Gasteiger partial charge in [-0.05, 0) is 29.0 Å². The Morgan fingerprint density at radius 1 is 0.897 bits per heavy atom. The molecule has 5 N–H and O–H groups in total. The number of phenols is 1. The third kappa shape index (κ3) is 6.77. The molecule has 5 rings (SSSR count). The van der Waals surface area contributed by atoms with E-state index >= 15 is 0 Å². The van der Waals surface area contributed by atoms with Gasteiger partial charge in [0, 0.05) is 46.0 Å². The summed E-state index contributed by atoms with van der Waals surface area (Å²) in [7, 11) is 0. The van der Waals surface area contributed by atoms with Crippen molar-refractivity contribution in [1.29, 1.82) is 0 Å². The predicted octanol–water partition coefficient (Wildman–Crippen LogP) is 4.10. The molecule has 0 aromatic heterocycles. The molecule has 0 atom stereocenters. The van der Waals surface area contributed by atoms with Gasteiger partial charge < -0.3 is 21.1 Å². The smallest absolute Gasteiger partial charge is 0.291 e. The van der Waals surface area contributed by atoms with Gasteiger partial charge in [0.1, 0.15) is 11.5 Å². The first-order chi connectivity index (χ1) is 17.7. The summed E-state index contributed by atoms with van der Waals surface area (Å²) in [4.78, 5) is 40.6. The van der Waals surface area contributed by atoms with Crippen LogP contribution in [0.2, 0.25) is 0 Å². The second-order valence-corrected chi connectivity index (χ2v) is 7.61. The van der Waals surface area contributed by atoms with Crippen LogP contribution in [0.1, 0.15) is 11.1 Å². The quantitative estimate of drug-likeness (QED) is 0.140. The molecule has 14 heteroatoms. The van der Waals surface area contributed by atoms with E-state index in [0.717, 1.165) is 10.8 Å². The van der Waals surface area contributed by atoms with Crippen molar-refractivity contribution in [3.8, 4) is 5.75 Å². The number of amides is 1. The van der Waals surface area contributed by atoms with Crippen molar-refractivity contribution < 1.29 is 47.1 Å². The number of nitrogens with one attached hydrogen (secondary N) is 1. The minimum atomic E-state index is -1.50. The van der Waals surface area contributed by atoms with E-state index in [4.69, 9.17) is 15.3 Å². The van der Waals surface area contributed by atoms with Gasteiger partial charge in [-0.3, -0.25) is 19.9 Å². The number of anilines is 1. The summed E-state index contributed by atoms with van der Waals surface area (Å²) >= 11 is 0. The maximum Gasteiger partial charge on any atom is 0.291 e. The molecule has 0 unspecified atom stereocenters. The molecule has 0 saturated heterocycles. The van der Waals surface area contributed by atoms with E-state index in [2.05, 4.69) is 15.3 Å². The normalized spacial score (nSPS) is 12.5. The summed E-state index contributed by atoms with van der Waals surface area (Å²) in [5.41, 5.74) is 2.20. The third-order valence-corrected chi connectivity index (χ3v) is 5.33. The average molecular weight is 576 g/mol. The van der Waals surface area contributed by atoms with Crippen LogP contribution in [0.5, 0.6) is 5.75 Å². The number of nitrogens with zero attached hydrogens (tertiary/aromatic N) is 4. The van der Waals surface area contributed by atoms with Crippen LogP contribution in [0.3, 0.4) is 0 Å². The van der Waals surface area contributed by atoms with Crippen molar-refractivity contribution in [3.05, 3.63) is 110 Å². The van der Waals surface area contributed by atoms with Crippen molar-refractivity contribution >= 4 is 51.4 Å². The molecule has 0 spiro atoms. The minimum absolute atomic E-state index is 0. The Bertz CT molecular complexity index is 1620. The number of hydrogen-bond donors (Lipinski definition) is 3. The molecular formula is C25H19N5NiO8. The fraction of sp³-hybridized carbons (Fsp3) is 0. The summed E-state index contributed by atoms with van der Waals surface area (Å²) in [5.74, 6) is -0.347. The van der Waals surface area contributed by atoms with E-state index in [0.29, 0.717) is 22.5 Å². The first-order valence-corrected chi connectivity index (χ1v) is 10.6. The van der Waals surface area contributed by atoms with Crippen LogP contribution in [-0.2, 0) is 21.3 Å². The van der Waals surface area contributed by atoms with Gasteiger partial charge in [-0.15, -0.1) is 10.1 Å². The topological polar surface area (TPSA) is 212 Å². The van der Waals surface area contributed by atoms with Crippen molar-refractivity contribution in [1.82, 2.24) is 0 Å². The number of aliphatic imine (C=N–C) groups is 2. The fourth-order valence-corrected chi connectivity index (χ4v) is 3.71. The van der Waals surface area contributed by atoms with E-state index in [1.54, 1.807) is 36.4 Å². The number of aromatic hydroxyl groups is 1. The number of non-ortho nitro benzene ring substituents is 1. The molecule has 0 saturated carbocycles. The van der Waals surface area contributed by atoms with Crippen LogP contribution in [0.4, 0.5) is 22.7 Å². The van der Waals surface area contributed by atoms with Crippen molar-refractivity contribution in [2.45, 2.75) is 0 Å². The molecule has 4 aromatic carbocycles. The zero-order valence-electron chi connectivity index (χ0n) is 19.6. The molecule has 4 aromatic rings. The predicted molar refractivity (Wildman–Crippen MR) is 140 cm³/mol. The molecule has 39 heavy (non-hydrogen) atoms. The van der Waals surface area contributed by atoms with E-state index in [1.807, 2.05) is 24.3 Å². The molecular weight excluding hydrogens is 557 g/mol. The van der Waals surface area contributed by atoms with E-state index < -0.39 is 15.9 Å². The average Bonchev–Trinajstić information content (AvgIpc) is 3.18. The zero-order valence-corrected chi connectivity index (χ0v) is 20.6. The molecule has 1 aliphatic rings. The van der Waals surface area contributed by atoms with Crippen molar-refractivity contribution in [3.63, 3.8) is 0 Å². The zero-order chi connectivity index (χ0) is 26.5. The Morgan fingerprint density at radius 2 is 1.56 bits per heavy atom. The molecule has 0 fully saturated rings. The van der Waals surface area contributed by atoms with Crippen LogP contribution >= 0.6 is 0 Å². The summed E-state index contributed by atoms with van der Waals surface area (Å²) in [6.45, 7) is 0. The second-order valence-electron chi connectivity index (χ2n) is 7.61. The first kappa shape index (κ1) is 30.0. The Labute approximate surface area is 229 Å². The standard InChI is InChI=1S/C25H16N4O4.HNO3.Ni.H2O/c30-23-12-9-15-5-1-2-6-17(15)19(23)14-26-21-11-10-16(29(32)33)13-22(21)27-24-18-7-3-4-8-20(18)28-25(24)31;2-1(3)4;;/h1-14,30H,(H,27,28,31);(H,2,3,4);;1H2. The third-order valence-electron chi connectivity index (χ3n) is 5.33. The van der Waals surface area contributed by atoms with Gasteiger partial charge in [0.05, 0.1) is 22.0 Å². The summed E-state index contributed by atoms with van der Waals surface area (Å²) in [6, 6.07) is 22.1. The molecule has 1 amide bonds. The molecule has 1 heterocycles. The van der Waals surface area contributed by atoms with Gasteiger partial charge in [-0.1, -0.05) is 48.5 Å². The fourth-order valence-electron chi connectivity index (χ4n) is 3.71. The van der Waals surface area contributed by atoms with E-state index in [9.17, 15) is 20.0 Å². The molecule has 202 valence electrons. The number of hydrogen-bond acceptors (Lipinski definition) is 8. The summed E-state index contributed by atoms with van der Waals surface area (Å²) in [5, 5.41) is 39.8. The van der Waals surface area contributed by atoms with Gasteiger partial charge >= 0.3 is 0 Å². The minimum Gasteiger partial charge on any atom is -0.507 e. The molecule has 0 bridgehead atoms. The molecule has 0 radical (unpaired) electrons. The van der Waals surface area contributed by atoms with Crippen LogP contribution in [0, 0.1) is 20.2 Å². The van der Waals surface area contributed by atoms with Gasteiger partial charge in [0.25, 0.3) is 16.7 Å².